The van der Waals surface area contributed by atoms with Crippen molar-refractivity contribution in [2.75, 3.05) is 32.7 Å². The first-order valence-electron chi connectivity index (χ1n) is 9.19. The number of benzene rings is 1. The zero-order valence-electron chi connectivity index (χ0n) is 14.7. The molecule has 2 aliphatic heterocycles. The van der Waals surface area contributed by atoms with Crippen LogP contribution >= 0.6 is 11.6 Å². The van der Waals surface area contributed by atoms with Crippen LogP contribution in [-0.4, -0.2) is 37.6 Å². The minimum absolute atomic E-state index is 0.344. The van der Waals surface area contributed by atoms with Crippen molar-refractivity contribution in [1.82, 2.24) is 15.5 Å². The van der Waals surface area contributed by atoms with Crippen LogP contribution in [0.2, 0.25) is 5.02 Å². The zero-order valence-corrected chi connectivity index (χ0v) is 15.5. The molecule has 0 saturated carbocycles. The van der Waals surface area contributed by atoms with Crippen LogP contribution in [0.3, 0.4) is 0 Å². The van der Waals surface area contributed by atoms with E-state index in [1.807, 2.05) is 19.9 Å². The molecule has 0 bridgehead atoms. The predicted molar refractivity (Wildman–Crippen MR) is 102 cm³/mol. The molecule has 0 amide bonds. The first-order valence-corrected chi connectivity index (χ1v) is 9.57. The summed E-state index contributed by atoms with van der Waals surface area (Å²) in [5, 5.41) is 7.97. The fraction of sp³-hybridized carbons (Fsp3) is 0.500. The molecule has 0 spiro atoms. The van der Waals surface area contributed by atoms with Gasteiger partial charge in [0.05, 0.1) is 6.04 Å². The van der Waals surface area contributed by atoms with Crippen molar-refractivity contribution in [2.45, 2.75) is 32.7 Å². The van der Waals surface area contributed by atoms with Crippen LogP contribution in [0.5, 0.6) is 0 Å². The minimum atomic E-state index is 0.344. The molecule has 4 rings (SSSR count). The lowest BCUT2D eigenvalue weighted by Gasteiger charge is -2.38. The van der Waals surface area contributed by atoms with Crippen molar-refractivity contribution in [3.8, 4) is 0 Å². The van der Waals surface area contributed by atoms with Crippen LogP contribution < -0.4 is 10.6 Å². The van der Waals surface area contributed by atoms with Gasteiger partial charge in [-0.3, -0.25) is 4.90 Å². The third-order valence-electron chi connectivity index (χ3n) is 4.93. The van der Waals surface area contributed by atoms with E-state index in [0.29, 0.717) is 6.04 Å². The van der Waals surface area contributed by atoms with E-state index < -0.39 is 0 Å². The summed E-state index contributed by atoms with van der Waals surface area (Å²) in [5.74, 6) is 0. The predicted octanol–water partition coefficient (Wildman–Crippen LogP) is 3.67. The minimum Gasteiger partial charge on any atom is -0.383 e. The molecule has 1 fully saturated rings. The van der Waals surface area contributed by atoms with Crippen molar-refractivity contribution in [2.24, 2.45) is 0 Å². The molecule has 24 heavy (non-hydrogen) atoms. The van der Waals surface area contributed by atoms with Crippen LogP contribution in [0.1, 0.15) is 37.4 Å². The fourth-order valence-corrected chi connectivity index (χ4v) is 4.06. The molecule has 1 atom stereocenters. The maximum absolute atomic E-state index is 6.25. The second-order valence-electron chi connectivity index (χ2n) is 6.25. The average molecular weight is 346 g/mol. The van der Waals surface area contributed by atoms with E-state index in [-0.39, 0.29) is 0 Å². The average Bonchev–Trinajstić information content (AvgIpc) is 2.81. The van der Waals surface area contributed by atoms with E-state index in [0.717, 1.165) is 50.6 Å². The van der Waals surface area contributed by atoms with Crippen molar-refractivity contribution < 1.29 is 0 Å². The lowest BCUT2D eigenvalue weighted by Crippen LogP contribution is -2.47. The lowest BCUT2D eigenvalue weighted by molar-refractivity contribution is 0.190. The molecule has 0 radical (unpaired) electrons. The van der Waals surface area contributed by atoms with E-state index in [1.165, 1.54) is 22.4 Å². The summed E-state index contributed by atoms with van der Waals surface area (Å²) in [6.45, 7) is 9.25. The van der Waals surface area contributed by atoms with Crippen molar-refractivity contribution in [3.63, 3.8) is 0 Å². The summed E-state index contributed by atoms with van der Waals surface area (Å²) in [6.07, 6.45) is 6.71. The molecule has 2 N–H and O–H groups in total. The molecule has 1 aromatic carbocycles. The number of dihydropyridines is 1. The van der Waals surface area contributed by atoms with Gasteiger partial charge in [-0.25, -0.2) is 0 Å². The number of allylic oxidation sites excluding steroid dienone is 2. The van der Waals surface area contributed by atoms with Gasteiger partial charge in [0.1, 0.15) is 0 Å². The number of nitrogens with one attached hydrogen (secondary N) is 2. The fourth-order valence-electron chi connectivity index (χ4n) is 3.87. The molecule has 3 aliphatic rings. The first kappa shape index (κ1) is 17.5. The van der Waals surface area contributed by atoms with Crippen LogP contribution in [-0.2, 0) is 6.42 Å². The van der Waals surface area contributed by atoms with Crippen molar-refractivity contribution in [1.29, 1.82) is 0 Å². The molecule has 1 unspecified atom stereocenters. The Morgan fingerprint density at radius 1 is 1.12 bits per heavy atom. The number of rotatable bonds is 1. The van der Waals surface area contributed by atoms with Gasteiger partial charge < -0.3 is 10.6 Å². The summed E-state index contributed by atoms with van der Waals surface area (Å²) >= 11 is 6.25. The van der Waals surface area contributed by atoms with E-state index in [2.05, 4.69) is 39.8 Å². The molecule has 1 saturated heterocycles. The monoisotopic (exact) mass is 345 g/mol. The molecule has 4 heteroatoms. The van der Waals surface area contributed by atoms with Gasteiger partial charge >= 0.3 is 0 Å². The Morgan fingerprint density at radius 3 is 2.71 bits per heavy atom. The summed E-state index contributed by atoms with van der Waals surface area (Å²) in [6, 6.07) is 6.78. The Morgan fingerprint density at radius 2 is 1.92 bits per heavy atom. The van der Waals surface area contributed by atoms with Gasteiger partial charge in [-0.15, -0.1) is 0 Å². The van der Waals surface area contributed by atoms with E-state index in [4.69, 9.17) is 11.6 Å². The molecule has 0 aromatic heterocycles. The summed E-state index contributed by atoms with van der Waals surface area (Å²) in [7, 11) is 0. The third kappa shape index (κ3) is 3.53. The smallest absolute Gasteiger partial charge is 0.0757 e. The third-order valence-corrected chi connectivity index (χ3v) is 5.16. The highest BCUT2D eigenvalue weighted by atomic mass is 35.5. The number of nitrogens with zero attached hydrogens (tertiary/aromatic N) is 1. The Kier molecular flexibility index (Phi) is 5.99. The Hall–Kier alpha value is -1.29. The summed E-state index contributed by atoms with van der Waals surface area (Å²) in [5.41, 5.74) is 5.70. The van der Waals surface area contributed by atoms with Crippen LogP contribution in [0.25, 0.3) is 0 Å². The second kappa shape index (κ2) is 8.19. The van der Waals surface area contributed by atoms with Crippen LogP contribution in [0.15, 0.2) is 41.6 Å². The number of piperazine rings is 1. The van der Waals surface area contributed by atoms with Gasteiger partial charge in [0.2, 0.25) is 0 Å². The first-order chi connectivity index (χ1) is 11.8. The highest BCUT2D eigenvalue weighted by molar-refractivity contribution is 6.30. The zero-order chi connectivity index (χ0) is 16.9. The molecule has 130 valence electrons. The number of halogens is 1. The van der Waals surface area contributed by atoms with Gasteiger partial charge in [0.25, 0.3) is 0 Å². The standard InChI is InChI=1S/C18H22ClN3.C2H6/c19-15-5-6-16-14(12-15)4-3-13-2-1-7-21-17(13)18(16)22-10-8-20-9-11-22;1-2/h1-2,5-6,12,18,20-21H,3-4,7-11H2;1-2H3. The maximum Gasteiger partial charge on any atom is 0.0757 e. The summed E-state index contributed by atoms with van der Waals surface area (Å²) in [4.78, 5) is 2.61. The number of hydrogen-bond acceptors (Lipinski definition) is 3. The van der Waals surface area contributed by atoms with Crippen molar-refractivity contribution >= 4 is 11.6 Å². The molecule has 2 heterocycles. The maximum atomic E-state index is 6.25. The quantitative estimate of drug-likeness (QED) is 0.813. The van der Waals surface area contributed by atoms with E-state index >= 15 is 0 Å². The molecular formula is C20H28ClN3. The molecule has 1 aromatic rings. The highest BCUT2D eigenvalue weighted by Crippen LogP contribution is 2.38. The Labute approximate surface area is 150 Å². The van der Waals surface area contributed by atoms with Crippen LogP contribution in [0.4, 0.5) is 0 Å². The van der Waals surface area contributed by atoms with Crippen LogP contribution in [0, 0.1) is 0 Å². The normalized spacial score (nSPS) is 23.4. The molecule has 1 aliphatic carbocycles. The van der Waals surface area contributed by atoms with Gasteiger partial charge in [-0.2, -0.15) is 0 Å². The number of hydrogen-bond donors (Lipinski definition) is 2. The lowest BCUT2D eigenvalue weighted by atomic mass is 9.95. The highest BCUT2D eigenvalue weighted by Gasteiger charge is 2.31. The van der Waals surface area contributed by atoms with Gasteiger partial charge in [-0.05, 0) is 41.7 Å². The largest absolute Gasteiger partial charge is 0.383 e. The molecule has 3 nitrogen and oxygen atoms in total. The second-order valence-corrected chi connectivity index (χ2v) is 6.69. The Balaban J connectivity index is 0.000000815. The van der Waals surface area contributed by atoms with Gasteiger partial charge in [0.15, 0.2) is 0 Å². The Bertz CT molecular complexity index is 630. The van der Waals surface area contributed by atoms with Gasteiger partial charge in [-0.1, -0.05) is 43.7 Å². The number of aryl methyl sites for hydroxylation is 1. The van der Waals surface area contributed by atoms with Crippen molar-refractivity contribution in [3.05, 3.63) is 57.8 Å². The topological polar surface area (TPSA) is 27.3 Å². The summed E-state index contributed by atoms with van der Waals surface area (Å²) < 4.78 is 0. The SMILES string of the molecule is CC.Clc1ccc2c(c1)CCC1=C(NCC=C1)C2N1CCNCC1. The van der Waals surface area contributed by atoms with E-state index in [1.54, 1.807) is 0 Å². The number of fused-ring (bicyclic) bond motifs is 1. The molecular weight excluding hydrogens is 318 g/mol. The van der Waals surface area contributed by atoms with E-state index in [9.17, 15) is 0 Å². The van der Waals surface area contributed by atoms with Gasteiger partial charge in [0, 0.05) is 43.4 Å².